The molecule has 0 aliphatic carbocycles. The van der Waals surface area contributed by atoms with Gasteiger partial charge in [0.15, 0.2) is 0 Å². The molecule has 0 aliphatic heterocycles. The van der Waals surface area contributed by atoms with Crippen molar-refractivity contribution in [2.45, 2.75) is 70.8 Å². The monoisotopic (exact) mass is 308 g/mol. The molecule has 126 valence electrons. The first-order valence-corrected chi connectivity index (χ1v) is 8.44. The topological polar surface area (TPSA) is 46.5 Å². The Morgan fingerprint density at radius 1 is 1.05 bits per heavy atom. The number of esters is 1. The molecule has 0 spiro atoms. The highest BCUT2D eigenvalue weighted by Crippen LogP contribution is 2.05. The SMILES string of the molecule is CCCCCC(O)C=CC=CCCCCC=CCC(=O)OC. The molecule has 1 N–H and O–H groups in total. The van der Waals surface area contributed by atoms with E-state index in [1.165, 1.54) is 20.0 Å². The third kappa shape index (κ3) is 15.0. The number of carbonyl (C=O) groups is 1. The van der Waals surface area contributed by atoms with E-state index in [2.05, 4.69) is 17.7 Å². The van der Waals surface area contributed by atoms with Crippen molar-refractivity contribution < 1.29 is 14.6 Å². The van der Waals surface area contributed by atoms with Gasteiger partial charge in [-0.15, -0.1) is 0 Å². The smallest absolute Gasteiger partial charge is 0.309 e. The number of unbranched alkanes of at least 4 members (excludes halogenated alkanes) is 5. The molecule has 0 radical (unpaired) electrons. The zero-order valence-corrected chi connectivity index (χ0v) is 14.2. The fourth-order valence-electron chi connectivity index (χ4n) is 1.97. The second kappa shape index (κ2) is 16.0. The number of rotatable bonds is 13. The van der Waals surface area contributed by atoms with E-state index in [4.69, 9.17) is 0 Å². The van der Waals surface area contributed by atoms with Gasteiger partial charge >= 0.3 is 5.97 Å². The van der Waals surface area contributed by atoms with Gasteiger partial charge in [0.2, 0.25) is 0 Å². The predicted molar refractivity (Wildman–Crippen MR) is 92.7 cm³/mol. The number of hydrogen-bond acceptors (Lipinski definition) is 3. The highest BCUT2D eigenvalue weighted by molar-refractivity contribution is 5.70. The third-order valence-corrected chi connectivity index (χ3v) is 3.35. The van der Waals surface area contributed by atoms with Gasteiger partial charge in [-0.2, -0.15) is 0 Å². The van der Waals surface area contributed by atoms with Crippen molar-refractivity contribution in [3.8, 4) is 0 Å². The van der Waals surface area contributed by atoms with Gasteiger partial charge in [-0.1, -0.05) is 62.6 Å². The Labute approximate surface area is 135 Å². The minimum absolute atomic E-state index is 0.192. The highest BCUT2D eigenvalue weighted by atomic mass is 16.5. The molecular formula is C19H32O3. The molecule has 0 heterocycles. The summed E-state index contributed by atoms with van der Waals surface area (Å²) >= 11 is 0. The van der Waals surface area contributed by atoms with Crippen LogP contribution < -0.4 is 0 Å². The largest absolute Gasteiger partial charge is 0.469 e. The van der Waals surface area contributed by atoms with Gasteiger partial charge in [0.05, 0.1) is 19.6 Å². The Kier molecular flexibility index (Phi) is 15.0. The zero-order valence-electron chi connectivity index (χ0n) is 14.2. The zero-order chi connectivity index (χ0) is 16.5. The summed E-state index contributed by atoms with van der Waals surface area (Å²) in [5.41, 5.74) is 0. The molecule has 0 saturated carbocycles. The Hall–Kier alpha value is -1.35. The second-order valence-corrected chi connectivity index (χ2v) is 5.41. The molecule has 3 heteroatoms. The molecule has 1 unspecified atom stereocenters. The summed E-state index contributed by atoms with van der Waals surface area (Å²) in [6.07, 6.45) is 20.5. The van der Waals surface area contributed by atoms with E-state index in [1.807, 2.05) is 30.4 Å². The van der Waals surface area contributed by atoms with Gasteiger partial charge in [0, 0.05) is 0 Å². The van der Waals surface area contributed by atoms with E-state index in [0.29, 0.717) is 6.42 Å². The number of allylic oxidation sites excluding steroid dienone is 4. The van der Waals surface area contributed by atoms with E-state index >= 15 is 0 Å². The van der Waals surface area contributed by atoms with Crippen LogP contribution in [0.1, 0.15) is 64.7 Å². The maximum atomic E-state index is 10.9. The summed E-state index contributed by atoms with van der Waals surface area (Å²) in [7, 11) is 1.40. The standard InChI is InChI=1S/C19H32O3/c1-3-4-12-15-18(20)16-13-10-8-6-5-7-9-11-14-17-19(21)22-2/h8,10-11,13-14,16,18,20H,3-7,9,12,15,17H2,1-2H3. The number of carbonyl (C=O) groups excluding carboxylic acids is 1. The molecule has 22 heavy (non-hydrogen) atoms. The summed E-state index contributed by atoms with van der Waals surface area (Å²) in [6, 6.07) is 0. The minimum atomic E-state index is -0.309. The molecule has 0 aromatic rings. The quantitative estimate of drug-likeness (QED) is 0.232. The van der Waals surface area contributed by atoms with Crippen LogP contribution in [0.15, 0.2) is 36.5 Å². The van der Waals surface area contributed by atoms with E-state index < -0.39 is 0 Å². The molecular weight excluding hydrogens is 276 g/mol. The maximum Gasteiger partial charge on any atom is 0.309 e. The minimum Gasteiger partial charge on any atom is -0.469 e. The Morgan fingerprint density at radius 2 is 1.77 bits per heavy atom. The second-order valence-electron chi connectivity index (χ2n) is 5.41. The van der Waals surface area contributed by atoms with Crippen molar-refractivity contribution in [3.05, 3.63) is 36.5 Å². The fourth-order valence-corrected chi connectivity index (χ4v) is 1.97. The lowest BCUT2D eigenvalue weighted by atomic mass is 10.1. The lowest BCUT2D eigenvalue weighted by Gasteiger charge is -2.03. The van der Waals surface area contributed by atoms with Crippen molar-refractivity contribution in [1.82, 2.24) is 0 Å². The molecule has 0 bridgehead atoms. The highest BCUT2D eigenvalue weighted by Gasteiger charge is 1.96. The summed E-state index contributed by atoms with van der Waals surface area (Å²) < 4.78 is 4.55. The van der Waals surface area contributed by atoms with Gasteiger partial charge in [0.25, 0.3) is 0 Å². The van der Waals surface area contributed by atoms with Gasteiger partial charge < -0.3 is 9.84 Å². The van der Waals surface area contributed by atoms with E-state index in [0.717, 1.165) is 38.5 Å². The average Bonchev–Trinajstić information content (AvgIpc) is 2.52. The summed E-state index contributed by atoms with van der Waals surface area (Å²) in [5.74, 6) is -0.192. The Morgan fingerprint density at radius 3 is 2.45 bits per heavy atom. The molecule has 0 aliphatic rings. The van der Waals surface area contributed by atoms with Crippen LogP contribution in [0, 0.1) is 0 Å². The van der Waals surface area contributed by atoms with E-state index in [9.17, 15) is 9.90 Å². The fraction of sp³-hybridized carbons (Fsp3) is 0.632. The number of aliphatic hydroxyl groups excluding tert-OH is 1. The molecule has 3 nitrogen and oxygen atoms in total. The van der Waals surface area contributed by atoms with Crippen molar-refractivity contribution in [1.29, 1.82) is 0 Å². The van der Waals surface area contributed by atoms with Gasteiger partial charge in [0.1, 0.15) is 0 Å². The third-order valence-electron chi connectivity index (χ3n) is 3.35. The molecule has 0 amide bonds. The molecule has 1 atom stereocenters. The van der Waals surface area contributed by atoms with Gasteiger partial charge in [-0.05, 0) is 32.1 Å². The lowest BCUT2D eigenvalue weighted by molar-refractivity contribution is -0.139. The Bertz CT molecular complexity index is 343. The van der Waals surface area contributed by atoms with Gasteiger partial charge in [-0.3, -0.25) is 4.79 Å². The van der Waals surface area contributed by atoms with Crippen LogP contribution in [-0.2, 0) is 9.53 Å². The number of methoxy groups -OCH3 is 1. The van der Waals surface area contributed by atoms with Crippen molar-refractivity contribution >= 4 is 5.97 Å². The Balaban J connectivity index is 3.48. The van der Waals surface area contributed by atoms with E-state index in [1.54, 1.807) is 0 Å². The average molecular weight is 308 g/mol. The maximum absolute atomic E-state index is 10.9. The van der Waals surface area contributed by atoms with Gasteiger partial charge in [-0.25, -0.2) is 0 Å². The molecule has 0 aromatic carbocycles. The van der Waals surface area contributed by atoms with Crippen molar-refractivity contribution in [2.24, 2.45) is 0 Å². The summed E-state index contributed by atoms with van der Waals surface area (Å²) in [4.78, 5) is 10.9. The molecule has 0 saturated heterocycles. The van der Waals surface area contributed by atoms with Crippen LogP contribution in [0.5, 0.6) is 0 Å². The summed E-state index contributed by atoms with van der Waals surface area (Å²) in [5, 5.41) is 9.69. The summed E-state index contributed by atoms with van der Waals surface area (Å²) in [6.45, 7) is 2.17. The normalized spacial score (nSPS) is 13.4. The van der Waals surface area contributed by atoms with Crippen LogP contribution in [0.3, 0.4) is 0 Å². The van der Waals surface area contributed by atoms with Crippen LogP contribution in [0.25, 0.3) is 0 Å². The first-order valence-electron chi connectivity index (χ1n) is 8.44. The van der Waals surface area contributed by atoms with Crippen LogP contribution in [0.4, 0.5) is 0 Å². The van der Waals surface area contributed by atoms with Crippen molar-refractivity contribution in [3.63, 3.8) is 0 Å². The molecule has 0 aromatic heterocycles. The molecule has 0 fully saturated rings. The van der Waals surface area contributed by atoms with Crippen LogP contribution >= 0.6 is 0 Å². The first-order chi connectivity index (χ1) is 10.7. The van der Waals surface area contributed by atoms with Crippen LogP contribution in [0.2, 0.25) is 0 Å². The number of hydrogen-bond donors (Lipinski definition) is 1. The number of ether oxygens (including phenoxy) is 1. The van der Waals surface area contributed by atoms with E-state index in [-0.39, 0.29) is 12.1 Å². The molecule has 0 rings (SSSR count). The lowest BCUT2D eigenvalue weighted by Crippen LogP contribution is -2.00. The van der Waals surface area contributed by atoms with Crippen LogP contribution in [-0.4, -0.2) is 24.3 Å². The van der Waals surface area contributed by atoms with Crippen molar-refractivity contribution in [2.75, 3.05) is 7.11 Å². The predicted octanol–water partition coefficient (Wildman–Crippen LogP) is 4.72. The number of aliphatic hydroxyl groups is 1. The first kappa shape index (κ1) is 20.6.